The van der Waals surface area contributed by atoms with Gasteiger partial charge in [0.1, 0.15) is 0 Å². The van der Waals surface area contributed by atoms with E-state index in [4.69, 9.17) is 9.47 Å². The van der Waals surface area contributed by atoms with Crippen molar-refractivity contribution in [1.29, 1.82) is 0 Å². The van der Waals surface area contributed by atoms with Crippen molar-refractivity contribution in [3.63, 3.8) is 0 Å². The molecule has 2 rings (SSSR count). The van der Waals surface area contributed by atoms with Crippen molar-refractivity contribution in [2.75, 3.05) is 33.9 Å². The van der Waals surface area contributed by atoms with E-state index in [1.807, 2.05) is 32.0 Å². The van der Waals surface area contributed by atoms with E-state index in [9.17, 15) is 9.59 Å². The van der Waals surface area contributed by atoms with E-state index in [1.54, 1.807) is 19.1 Å². The number of hydrogen-bond donors (Lipinski definition) is 1. The SMILES string of the molecule is COc1cccc(C2CN(C(=O)C(C)C)CC2C(=O)NCC(C)C)c1OC. The number of carbonyl (C=O) groups is 2. The number of amides is 2. The van der Waals surface area contributed by atoms with E-state index >= 15 is 0 Å². The highest BCUT2D eigenvalue weighted by Gasteiger charge is 2.42. The van der Waals surface area contributed by atoms with Crippen molar-refractivity contribution in [1.82, 2.24) is 10.2 Å². The van der Waals surface area contributed by atoms with Gasteiger partial charge in [-0.25, -0.2) is 0 Å². The van der Waals surface area contributed by atoms with Crippen LogP contribution in [0.15, 0.2) is 18.2 Å². The van der Waals surface area contributed by atoms with Crippen LogP contribution in [0.1, 0.15) is 39.2 Å². The minimum Gasteiger partial charge on any atom is -0.493 e. The van der Waals surface area contributed by atoms with Gasteiger partial charge < -0.3 is 19.7 Å². The third kappa shape index (κ3) is 4.73. The molecule has 1 saturated heterocycles. The van der Waals surface area contributed by atoms with E-state index < -0.39 is 0 Å². The minimum absolute atomic E-state index is 0.0161. The molecule has 27 heavy (non-hydrogen) atoms. The van der Waals surface area contributed by atoms with Crippen molar-refractivity contribution < 1.29 is 19.1 Å². The zero-order valence-electron chi connectivity index (χ0n) is 17.2. The number of rotatable bonds is 7. The highest BCUT2D eigenvalue weighted by atomic mass is 16.5. The van der Waals surface area contributed by atoms with Crippen molar-refractivity contribution in [2.45, 2.75) is 33.6 Å². The number of nitrogens with zero attached hydrogens (tertiary/aromatic N) is 1. The summed E-state index contributed by atoms with van der Waals surface area (Å²) in [5.41, 5.74) is 0.903. The first-order valence-corrected chi connectivity index (χ1v) is 9.57. The standard InChI is InChI=1S/C21H32N2O4/c1-13(2)10-22-20(24)17-12-23(21(25)14(3)4)11-16(17)15-8-7-9-18(26-5)19(15)27-6/h7-9,13-14,16-17H,10-12H2,1-6H3,(H,22,24). The van der Waals surface area contributed by atoms with Crippen LogP contribution in [0.5, 0.6) is 11.5 Å². The van der Waals surface area contributed by atoms with E-state index in [1.165, 1.54) is 0 Å². The van der Waals surface area contributed by atoms with Crippen LogP contribution in [0.25, 0.3) is 0 Å². The van der Waals surface area contributed by atoms with Crippen LogP contribution in [-0.2, 0) is 9.59 Å². The molecule has 2 atom stereocenters. The number of carbonyl (C=O) groups excluding carboxylic acids is 2. The van der Waals surface area contributed by atoms with Gasteiger partial charge in [-0.3, -0.25) is 9.59 Å². The monoisotopic (exact) mass is 376 g/mol. The average Bonchev–Trinajstić information content (AvgIpc) is 3.09. The highest BCUT2D eigenvalue weighted by Crippen LogP contribution is 2.42. The summed E-state index contributed by atoms with van der Waals surface area (Å²) in [6, 6.07) is 5.69. The number of ether oxygens (including phenoxy) is 2. The van der Waals surface area contributed by atoms with Crippen LogP contribution in [0.4, 0.5) is 0 Å². The Labute approximate surface area is 162 Å². The van der Waals surface area contributed by atoms with Gasteiger partial charge in [-0.1, -0.05) is 39.8 Å². The van der Waals surface area contributed by atoms with Gasteiger partial charge in [0.2, 0.25) is 11.8 Å². The quantitative estimate of drug-likeness (QED) is 0.794. The van der Waals surface area contributed by atoms with Gasteiger partial charge in [-0.05, 0) is 12.0 Å². The lowest BCUT2D eigenvalue weighted by molar-refractivity contribution is -0.133. The predicted molar refractivity (Wildman–Crippen MR) is 105 cm³/mol. The molecule has 6 nitrogen and oxygen atoms in total. The molecule has 1 heterocycles. The first-order valence-electron chi connectivity index (χ1n) is 9.57. The fourth-order valence-corrected chi connectivity index (χ4v) is 3.57. The summed E-state index contributed by atoms with van der Waals surface area (Å²) < 4.78 is 11.0. The second kappa shape index (κ2) is 9.11. The molecule has 0 radical (unpaired) electrons. The lowest BCUT2D eigenvalue weighted by Gasteiger charge is -2.22. The summed E-state index contributed by atoms with van der Waals surface area (Å²) in [4.78, 5) is 27.3. The number of hydrogen-bond acceptors (Lipinski definition) is 4. The minimum atomic E-state index is -0.313. The Bertz CT molecular complexity index is 672. The zero-order chi connectivity index (χ0) is 20.1. The Morgan fingerprint density at radius 3 is 2.41 bits per heavy atom. The number of nitrogens with one attached hydrogen (secondary N) is 1. The van der Waals surface area contributed by atoms with Gasteiger partial charge >= 0.3 is 0 Å². The third-order valence-electron chi connectivity index (χ3n) is 4.98. The molecule has 1 N–H and O–H groups in total. The summed E-state index contributed by atoms with van der Waals surface area (Å²) in [7, 11) is 3.19. The molecule has 1 aliphatic heterocycles. The summed E-state index contributed by atoms with van der Waals surface area (Å²) in [5, 5.41) is 3.03. The molecule has 1 aromatic carbocycles. The summed E-state index contributed by atoms with van der Waals surface area (Å²) in [6.07, 6.45) is 0. The molecular formula is C21H32N2O4. The van der Waals surface area contributed by atoms with Crippen LogP contribution in [-0.4, -0.2) is 50.6 Å². The van der Waals surface area contributed by atoms with Crippen molar-refractivity contribution >= 4 is 11.8 Å². The fraction of sp³-hybridized carbons (Fsp3) is 0.619. The topological polar surface area (TPSA) is 67.9 Å². The number of likely N-dealkylation sites (tertiary alicyclic amines) is 1. The smallest absolute Gasteiger partial charge is 0.225 e. The Balaban J connectivity index is 2.37. The van der Waals surface area contributed by atoms with Crippen LogP contribution in [0.2, 0.25) is 0 Å². The predicted octanol–water partition coefficient (Wildman–Crippen LogP) is 2.67. The number of para-hydroxylation sites is 1. The Morgan fingerprint density at radius 2 is 1.85 bits per heavy atom. The van der Waals surface area contributed by atoms with Gasteiger partial charge in [-0.2, -0.15) is 0 Å². The highest BCUT2D eigenvalue weighted by molar-refractivity contribution is 5.84. The molecule has 2 unspecified atom stereocenters. The lowest BCUT2D eigenvalue weighted by atomic mass is 9.87. The number of benzene rings is 1. The van der Waals surface area contributed by atoms with Crippen LogP contribution >= 0.6 is 0 Å². The molecule has 6 heteroatoms. The Hall–Kier alpha value is -2.24. The van der Waals surface area contributed by atoms with E-state index in [0.717, 1.165) is 5.56 Å². The average molecular weight is 376 g/mol. The van der Waals surface area contributed by atoms with Gasteiger partial charge in [0.25, 0.3) is 0 Å². The van der Waals surface area contributed by atoms with Crippen LogP contribution in [0, 0.1) is 17.8 Å². The molecule has 0 saturated carbocycles. The Kier molecular flexibility index (Phi) is 7.11. The molecule has 2 amide bonds. The molecule has 1 aromatic rings. The van der Waals surface area contributed by atoms with Crippen LogP contribution < -0.4 is 14.8 Å². The van der Waals surface area contributed by atoms with Gasteiger partial charge in [-0.15, -0.1) is 0 Å². The maximum Gasteiger partial charge on any atom is 0.225 e. The summed E-state index contributed by atoms with van der Waals surface area (Å²) in [5.74, 6) is 1.13. The molecule has 0 spiro atoms. The second-order valence-corrected chi connectivity index (χ2v) is 7.83. The molecule has 1 aliphatic rings. The molecule has 150 valence electrons. The normalized spacial score (nSPS) is 19.5. The molecular weight excluding hydrogens is 344 g/mol. The van der Waals surface area contributed by atoms with Gasteiger partial charge in [0.05, 0.1) is 20.1 Å². The second-order valence-electron chi connectivity index (χ2n) is 7.83. The zero-order valence-corrected chi connectivity index (χ0v) is 17.2. The van der Waals surface area contributed by atoms with Crippen LogP contribution in [0.3, 0.4) is 0 Å². The largest absolute Gasteiger partial charge is 0.493 e. The summed E-state index contributed by atoms with van der Waals surface area (Å²) in [6.45, 7) is 9.44. The Morgan fingerprint density at radius 1 is 1.15 bits per heavy atom. The molecule has 0 bridgehead atoms. The van der Waals surface area contributed by atoms with E-state index in [2.05, 4.69) is 19.2 Å². The first kappa shape index (κ1) is 21.1. The van der Waals surface area contributed by atoms with Crippen molar-refractivity contribution in [2.24, 2.45) is 17.8 Å². The molecule has 1 fully saturated rings. The molecule has 0 aromatic heterocycles. The first-order chi connectivity index (χ1) is 12.8. The number of methoxy groups -OCH3 is 2. The lowest BCUT2D eigenvalue weighted by Crippen LogP contribution is -2.37. The van der Waals surface area contributed by atoms with E-state index in [-0.39, 0.29) is 29.6 Å². The van der Waals surface area contributed by atoms with E-state index in [0.29, 0.717) is 37.1 Å². The fourth-order valence-electron chi connectivity index (χ4n) is 3.57. The summed E-state index contributed by atoms with van der Waals surface area (Å²) >= 11 is 0. The molecule has 0 aliphatic carbocycles. The third-order valence-corrected chi connectivity index (χ3v) is 4.98. The maximum absolute atomic E-state index is 12.9. The van der Waals surface area contributed by atoms with Gasteiger partial charge in [0, 0.05) is 37.0 Å². The van der Waals surface area contributed by atoms with Crippen molar-refractivity contribution in [3.05, 3.63) is 23.8 Å². The van der Waals surface area contributed by atoms with Crippen molar-refractivity contribution in [3.8, 4) is 11.5 Å². The maximum atomic E-state index is 12.9. The van der Waals surface area contributed by atoms with Gasteiger partial charge in [0.15, 0.2) is 11.5 Å².